The molecule has 0 amide bonds. The maximum Gasteiger partial charge on any atom is 0.142 e. The molecule has 0 unspecified atom stereocenters. The van der Waals surface area contributed by atoms with Crippen LogP contribution in [0.3, 0.4) is 0 Å². The van der Waals surface area contributed by atoms with Gasteiger partial charge in [-0.05, 0) is 17.2 Å². The van der Waals surface area contributed by atoms with Crippen LogP contribution in [0.5, 0.6) is 0 Å². The van der Waals surface area contributed by atoms with Crippen LogP contribution in [0.2, 0.25) is 0 Å². The summed E-state index contributed by atoms with van der Waals surface area (Å²) in [6.07, 6.45) is 3.39. The number of anilines is 1. The summed E-state index contributed by atoms with van der Waals surface area (Å²) >= 11 is 0. The third kappa shape index (κ3) is 6.89. The number of nitrogens with zero attached hydrogens (tertiary/aromatic N) is 3. The van der Waals surface area contributed by atoms with Gasteiger partial charge in [-0.3, -0.25) is 0 Å². The molecule has 0 spiro atoms. The van der Waals surface area contributed by atoms with E-state index in [0.717, 1.165) is 23.4 Å². The van der Waals surface area contributed by atoms with Gasteiger partial charge in [-0.15, -0.1) is 0 Å². The Bertz CT molecular complexity index is 1010. The molecule has 0 saturated carbocycles. The Hall–Kier alpha value is -3.26. The highest BCUT2D eigenvalue weighted by Gasteiger charge is 2.13. The Kier molecular flexibility index (Phi) is 9.00. The van der Waals surface area contributed by atoms with Gasteiger partial charge in [0.1, 0.15) is 17.8 Å². The number of fused-ring (bicyclic) bond motifs is 1. The Morgan fingerprint density at radius 3 is 2.23 bits per heavy atom. The molecule has 2 aromatic carbocycles. The minimum atomic E-state index is 0.0861. The highest BCUT2D eigenvalue weighted by Crippen LogP contribution is 2.23. The molecule has 7 nitrogen and oxygen atoms in total. The lowest BCUT2D eigenvalue weighted by atomic mass is 10.2. The second-order valence-corrected chi connectivity index (χ2v) is 6.95. The van der Waals surface area contributed by atoms with E-state index in [2.05, 4.69) is 49.4 Å². The van der Waals surface area contributed by atoms with Crippen LogP contribution >= 0.6 is 0 Å². The first kappa shape index (κ1) is 22.4. The largest absolute Gasteiger partial charge is 0.395 e. The van der Waals surface area contributed by atoms with Crippen molar-refractivity contribution >= 4 is 16.9 Å². The summed E-state index contributed by atoms with van der Waals surface area (Å²) in [5.74, 6) is 0.842. The molecule has 31 heavy (non-hydrogen) atoms. The predicted molar refractivity (Wildman–Crippen MR) is 124 cm³/mol. The summed E-state index contributed by atoms with van der Waals surface area (Å²) in [4.78, 5) is 13.7. The van der Waals surface area contributed by atoms with Crippen LogP contribution in [0.4, 0.5) is 5.82 Å². The van der Waals surface area contributed by atoms with E-state index in [1.54, 1.807) is 6.33 Å². The van der Waals surface area contributed by atoms with Crippen LogP contribution in [0.1, 0.15) is 11.1 Å². The zero-order chi connectivity index (χ0) is 21.7. The van der Waals surface area contributed by atoms with Crippen LogP contribution in [0.25, 0.3) is 11.0 Å². The summed E-state index contributed by atoms with van der Waals surface area (Å²) in [6.45, 7) is 3.02. The van der Waals surface area contributed by atoms with Gasteiger partial charge >= 0.3 is 0 Å². The third-order valence-corrected chi connectivity index (χ3v) is 4.68. The molecule has 4 N–H and O–H groups in total. The smallest absolute Gasteiger partial charge is 0.142 e. The van der Waals surface area contributed by atoms with Crippen molar-refractivity contribution in [2.24, 2.45) is 0 Å². The molecule has 7 heteroatoms. The summed E-state index contributed by atoms with van der Waals surface area (Å²) < 4.78 is 0. The number of aliphatic hydroxyl groups is 2. The first-order chi connectivity index (χ1) is 15.3. The minimum Gasteiger partial charge on any atom is -0.395 e. The molecule has 0 fully saturated rings. The fourth-order valence-electron chi connectivity index (χ4n) is 3.20. The minimum absolute atomic E-state index is 0.0861. The van der Waals surface area contributed by atoms with E-state index in [1.165, 1.54) is 11.1 Å². The van der Waals surface area contributed by atoms with Crippen molar-refractivity contribution in [3.8, 4) is 0 Å². The van der Waals surface area contributed by atoms with E-state index >= 15 is 0 Å². The van der Waals surface area contributed by atoms with Gasteiger partial charge in [0, 0.05) is 32.4 Å². The van der Waals surface area contributed by atoms with Gasteiger partial charge in [-0.25, -0.2) is 9.97 Å². The molecule has 0 aliphatic heterocycles. The molecular formula is C24H29N5O2. The van der Waals surface area contributed by atoms with E-state index in [4.69, 9.17) is 5.11 Å². The van der Waals surface area contributed by atoms with Gasteiger partial charge < -0.3 is 25.4 Å². The third-order valence-electron chi connectivity index (χ3n) is 4.68. The van der Waals surface area contributed by atoms with Gasteiger partial charge in [-0.1, -0.05) is 60.7 Å². The molecule has 0 bridgehead atoms. The number of aliphatic hydroxyl groups excluding tert-OH is 2. The van der Waals surface area contributed by atoms with Crippen molar-refractivity contribution in [1.29, 1.82) is 0 Å². The summed E-state index contributed by atoms with van der Waals surface area (Å²) in [5, 5.41) is 21.9. The molecule has 0 atom stereocenters. The van der Waals surface area contributed by atoms with Crippen molar-refractivity contribution in [3.05, 3.63) is 90.4 Å². The Morgan fingerprint density at radius 1 is 0.839 bits per heavy atom. The van der Waals surface area contributed by atoms with E-state index in [-0.39, 0.29) is 13.2 Å². The SMILES string of the molecule is OCCN(Cc1ccccc1)c1ncnc2[nH]ccc12.OCCNCc1ccccc1. The molecule has 0 saturated heterocycles. The summed E-state index contributed by atoms with van der Waals surface area (Å²) in [5.41, 5.74) is 3.25. The number of hydrogen-bond acceptors (Lipinski definition) is 6. The lowest BCUT2D eigenvalue weighted by Crippen LogP contribution is -2.27. The van der Waals surface area contributed by atoms with E-state index in [0.29, 0.717) is 19.6 Å². The maximum absolute atomic E-state index is 9.31. The Balaban J connectivity index is 0.000000210. The maximum atomic E-state index is 9.31. The van der Waals surface area contributed by atoms with E-state index in [9.17, 15) is 5.11 Å². The molecule has 0 aliphatic carbocycles. The number of aromatic amines is 1. The van der Waals surface area contributed by atoms with Crippen LogP contribution in [0.15, 0.2) is 79.3 Å². The molecule has 0 aliphatic rings. The average Bonchev–Trinajstić information content (AvgIpc) is 3.30. The monoisotopic (exact) mass is 419 g/mol. The van der Waals surface area contributed by atoms with Crippen molar-refractivity contribution in [1.82, 2.24) is 20.3 Å². The standard InChI is InChI=1S/C15H16N4O.C9H13NO/c20-9-8-19(10-12-4-2-1-3-5-12)15-13-6-7-16-14(13)17-11-18-15;11-7-6-10-8-9-4-2-1-3-5-9/h1-7,11,20H,8-10H2,(H,16,17,18);1-5,10-11H,6-8H2. The number of hydrogen-bond donors (Lipinski definition) is 4. The predicted octanol–water partition coefficient (Wildman–Crippen LogP) is 2.73. The summed E-state index contributed by atoms with van der Waals surface area (Å²) in [7, 11) is 0. The molecule has 162 valence electrons. The van der Waals surface area contributed by atoms with Crippen LogP contribution < -0.4 is 10.2 Å². The molecule has 0 radical (unpaired) electrons. The van der Waals surface area contributed by atoms with Gasteiger partial charge in [0.25, 0.3) is 0 Å². The van der Waals surface area contributed by atoms with Gasteiger partial charge in [0.15, 0.2) is 0 Å². The molecule has 4 aromatic rings. The van der Waals surface area contributed by atoms with Crippen molar-refractivity contribution in [2.45, 2.75) is 13.1 Å². The fourth-order valence-corrected chi connectivity index (χ4v) is 3.20. The molecule has 4 rings (SSSR count). The number of rotatable bonds is 9. The second kappa shape index (κ2) is 12.4. The highest BCUT2D eigenvalue weighted by atomic mass is 16.3. The Labute approximate surface area is 182 Å². The topological polar surface area (TPSA) is 97.3 Å². The van der Waals surface area contributed by atoms with Crippen LogP contribution in [-0.2, 0) is 13.1 Å². The first-order valence-corrected chi connectivity index (χ1v) is 10.3. The second-order valence-electron chi connectivity index (χ2n) is 6.95. The lowest BCUT2D eigenvalue weighted by Gasteiger charge is -2.23. The fraction of sp³-hybridized carbons (Fsp3) is 0.250. The molecular weight excluding hydrogens is 390 g/mol. The van der Waals surface area contributed by atoms with Crippen molar-refractivity contribution in [2.75, 3.05) is 31.2 Å². The number of H-pyrrole nitrogens is 1. The molecule has 2 aromatic heterocycles. The van der Waals surface area contributed by atoms with Gasteiger partial charge in [0.05, 0.1) is 18.6 Å². The van der Waals surface area contributed by atoms with Crippen molar-refractivity contribution in [3.63, 3.8) is 0 Å². The normalized spacial score (nSPS) is 10.5. The zero-order valence-corrected chi connectivity index (χ0v) is 17.5. The zero-order valence-electron chi connectivity index (χ0n) is 17.5. The first-order valence-electron chi connectivity index (χ1n) is 10.3. The van der Waals surface area contributed by atoms with Crippen molar-refractivity contribution < 1.29 is 10.2 Å². The average molecular weight is 420 g/mol. The lowest BCUT2D eigenvalue weighted by molar-refractivity contribution is 0.292. The van der Waals surface area contributed by atoms with Gasteiger partial charge in [-0.2, -0.15) is 0 Å². The number of benzene rings is 2. The molecule has 2 heterocycles. The highest BCUT2D eigenvalue weighted by molar-refractivity contribution is 5.87. The summed E-state index contributed by atoms with van der Waals surface area (Å²) in [6, 6.07) is 22.3. The van der Waals surface area contributed by atoms with Crippen LogP contribution in [-0.4, -0.2) is 51.5 Å². The number of nitrogens with one attached hydrogen (secondary N) is 2. The van der Waals surface area contributed by atoms with Gasteiger partial charge in [0.2, 0.25) is 0 Å². The Morgan fingerprint density at radius 2 is 1.55 bits per heavy atom. The van der Waals surface area contributed by atoms with E-state index in [1.807, 2.05) is 48.7 Å². The van der Waals surface area contributed by atoms with E-state index < -0.39 is 0 Å². The van der Waals surface area contributed by atoms with Crippen LogP contribution in [0, 0.1) is 0 Å². The number of aromatic nitrogens is 3. The quantitative estimate of drug-likeness (QED) is 0.312.